The van der Waals surface area contributed by atoms with Crippen molar-refractivity contribution in [2.75, 3.05) is 25.6 Å². The van der Waals surface area contributed by atoms with Gasteiger partial charge < -0.3 is 20.1 Å². The molecule has 2 N–H and O–H groups in total. The highest BCUT2D eigenvalue weighted by atomic mass is 32.2. The lowest BCUT2D eigenvalue weighted by molar-refractivity contribution is -0.165. The zero-order valence-electron chi connectivity index (χ0n) is 12.9. The fourth-order valence-corrected chi connectivity index (χ4v) is 4.66. The predicted octanol–water partition coefficient (Wildman–Crippen LogP) is 1.29. The third-order valence-corrected chi connectivity index (χ3v) is 6.05. The van der Waals surface area contributed by atoms with Gasteiger partial charge in [0.05, 0.1) is 25.3 Å². The van der Waals surface area contributed by atoms with E-state index in [0.29, 0.717) is 31.5 Å². The van der Waals surface area contributed by atoms with Crippen molar-refractivity contribution in [3.8, 4) is 0 Å². The Labute approximate surface area is 135 Å². The lowest BCUT2D eigenvalue weighted by Gasteiger charge is -2.37. The van der Waals surface area contributed by atoms with Crippen LogP contribution in [0.4, 0.5) is 4.79 Å². The quantitative estimate of drug-likeness (QED) is 0.418. The maximum Gasteiger partial charge on any atom is 0.315 e. The van der Waals surface area contributed by atoms with E-state index in [1.165, 1.54) is 0 Å². The van der Waals surface area contributed by atoms with Gasteiger partial charge in [-0.15, -0.1) is 0 Å². The van der Waals surface area contributed by atoms with Crippen LogP contribution in [0.5, 0.6) is 0 Å². The molecule has 3 heterocycles. The first kappa shape index (κ1) is 15.9. The van der Waals surface area contributed by atoms with Gasteiger partial charge in [0, 0.05) is 22.8 Å². The largest absolute Gasteiger partial charge is 0.465 e. The second-order valence-corrected chi connectivity index (χ2v) is 8.10. The molecule has 3 fully saturated rings. The Balaban J connectivity index is 1.27. The SMILES string of the molecule is CC1(COC(=O)CCCC[C@@H]2SC[C@@H]3NC(=O)N[C@@H]32)COC1. The molecule has 7 heteroatoms. The van der Waals surface area contributed by atoms with Crippen molar-refractivity contribution < 1.29 is 19.1 Å². The van der Waals surface area contributed by atoms with Crippen molar-refractivity contribution in [3.63, 3.8) is 0 Å². The Bertz CT molecular complexity index is 441. The first-order valence-electron chi connectivity index (χ1n) is 7.98. The summed E-state index contributed by atoms with van der Waals surface area (Å²) in [4.78, 5) is 23.0. The Morgan fingerprint density at radius 2 is 2.23 bits per heavy atom. The van der Waals surface area contributed by atoms with Crippen molar-refractivity contribution in [3.05, 3.63) is 0 Å². The van der Waals surface area contributed by atoms with Crippen LogP contribution in [0.15, 0.2) is 0 Å². The topological polar surface area (TPSA) is 76.7 Å². The molecule has 0 aromatic rings. The van der Waals surface area contributed by atoms with Crippen LogP contribution in [-0.4, -0.2) is 54.9 Å². The summed E-state index contributed by atoms with van der Waals surface area (Å²) in [7, 11) is 0. The van der Waals surface area contributed by atoms with Crippen LogP contribution in [0.3, 0.4) is 0 Å². The average molecular weight is 328 g/mol. The molecule has 3 aliphatic heterocycles. The molecule has 0 bridgehead atoms. The lowest BCUT2D eigenvalue weighted by atomic mass is 9.90. The van der Waals surface area contributed by atoms with E-state index in [0.717, 1.165) is 25.0 Å². The van der Waals surface area contributed by atoms with Gasteiger partial charge in [-0.1, -0.05) is 13.3 Å². The molecular weight excluding hydrogens is 304 g/mol. The molecule has 22 heavy (non-hydrogen) atoms. The van der Waals surface area contributed by atoms with Crippen LogP contribution in [0, 0.1) is 5.41 Å². The van der Waals surface area contributed by atoms with Gasteiger partial charge >= 0.3 is 12.0 Å². The van der Waals surface area contributed by atoms with Crippen molar-refractivity contribution in [2.24, 2.45) is 5.41 Å². The number of rotatable bonds is 7. The maximum absolute atomic E-state index is 11.7. The smallest absolute Gasteiger partial charge is 0.315 e. The number of fused-ring (bicyclic) bond motifs is 1. The molecule has 0 unspecified atom stereocenters. The molecule has 0 spiro atoms. The highest BCUT2D eigenvalue weighted by Gasteiger charge is 2.42. The second kappa shape index (κ2) is 6.66. The van der Waals surface area contributed by atoms with E-state index in [1.54, 1.807) is 0 Å². The van der Waals surface area contributed by atoms with E-state index in [4.69, 9.17) is 9.47 Å². The zero-order chi connectivity index (χ0) is 15.6. The van der Waals surface area contributed by atoms with E-state index in [-0.39, 0.29) is 29.5 Å². The molecule has 3 atom stereocenters. The number of carbonyl (C=O) groups excluding carboxylic acids is 2. The average Bonchev–Trinajstić information content (AvgIpc) is 2.99. The maximum atomic E-state index is 11.7. The van der Waals surface area contributed by atoms with Gasteiger partial charge in [0.1, 0.15) is 6.61 Å². The number of hydrogen-bond donors (Lipinski definition) is 2. The van der Waals surface area contributed by atoms with Crippen LogP contribution >= 0.6 is 11.8 Å². The minimum Gasteiger partial charge on any atom is -0.465 e. The molecule has 0 radical (unpaired) electrons. The third-order valence-electron chi connectivity index (χ3n) is 4.54. The van der Waals surface area contributed by atoms with Crippen molar-refractivity contribution in [2.45, 2.75) is 49.9 Å². The highest BCUT2D eigenvalue weighted by Crippen LogP contribution is 2.33. The number of unbranched alkanes of at least 4 members (excludes halogenated alkanes) is 1. The molecule has 3 saturated heterocycles. The standard InChI is InChI=1S/C15H24N2O4S/c1-15(7-20-8-15)9-21-12(18)5-3-2-4-11-13-10(6-22-11)16-14(19)17-13/h10-11,13H,2-9H2,1H3,(H2,16,17,19)/t10-,11-,13-/m0/s1. The molecule has 3 aliphatic rings. The molecule has 0 saturated carbocycles. The number of carbonyl (C=O) groups is 2. The van der Waals surface area contributed by atoms with Gasteiger partial charge in [0.25, 0.3) is 0 Å². The first-order valence-corrected chi connectivity index (χ1v) is 9.03. The molecule has 124 valence electrons. The second-order valence-electron chi connectivity index (χ2n) is 6.83. The molecule has 2 amide bonds. The van der Waals surface area contributed by atoms with Gasteiger partial charge in [-0.3, -0.25) is 4.79 Å². The normalized spacial score (nSPS) is 31.9. The number of esters is 1. The van der Waals surface area contributed by atoms with Gasteiger partial charge in [0.2, 0.25) is 0 Å². The van der Waals surface area contributed by atoms with E-state index in [2.05, 4.69) is 17.6 Å². The Morgan fingerprint density at radius 3 is 2.95 bits per heavy atom. The summed E-state index contributed by atoms with van der Waals surface area (Å²) in [5, 5.41) is 6.40. The highest BCUT2D eigenvalue weighted by molar-refractivity contribution is 8.00. The van der Waals surface area contributed by atoms with E-state index in [1.807, 2.05) is 11.8 Å². The summed E-state index contributed by atoms with van der Waals surface area (Å²) in [6.45, 7) is 3.90. The van der Waals surface area contributed by atoms with Crippen LogP contribution in [0.2, 0.25) is 0 Å². The van der Waals surface area contributed by atoms with Gasteiger partial charge in [-0.05, 0) is 12.8 Å². The molecule has 0 aromatic carbocycles. The fraction of sp³-hybridized carbons (Fsp3) is 0.867. The Morgan fingerprint density at radius 1 is 1.41 bits per heavy atom. The molecular formula is C15H24N2O4S. The Kier molecular flexibility index (Phi) is 4.82. The fourth-order valence-electron chi connectivity index (χ4n) is 3.12. The van der Waals surface area contributed by atoms with Gasteiger partial charge in [0.15, 0.2) is 0 Å². The number of ether oxygens (including phenoxy) is 2. The zero-order valence-corrected chi connectivity index (χ0v) is 13.7. The van der Waals surface area contributed by atoms with Crippen LogP contribution < -0.4 is 10.6 Å². The van der Waals surface area contributed by atoms with Crippen molar-refractivity contribution in [1.29, 1.82) is 0 Å². The summed E-state index contributed by atoms with van der Waals surface area (Å²) >= 11 is 1.91. The number of urea groups is 1. The van der Waals surface area contributed by atoms with Crippen LogP contribution in [0.25, 0.3) is 0 Å². The van der Waals surface area contributed by atoms with E-state index in [9.17, 15) is 9.59 Å². The summed E-state index contributed by atoms with van der Waals surface area (Å²) in [5.41, 5.74) is 0.0266. The molecule has 3 rings (SSSR count). The van der Waals surface area contributed by atoms with E-state index >= 15 is 0 Å². The monoisotopic (exact) mass is 328 g/mol. The van der Waals surface area contributed by atoms with Gasteiger partial charge in [-0.2, -0.15) is 11.8 Å². The van der Waals surface area contributed by atoms with Gasteiger partial charge in [-0.25, -0.2) is 4.79 Å². The number of amides is 2. The number of hydrogen-bond acceptors (Lipinski definition) is 5. The Hall–Kier alpha value is -0.950. The summed E-state index contributed by atoms with van der Waals surface area (Å²) in [6, 6.07) is 0.485. The summed E-state index contributed by atoms with van der Waals surface area (Å²) in [6.07, 6.45) is 3.35. The van der Waals surface area contributed by atoms with Crippen LogP contribution in [0.1, 0.15) is 32.6 Å². The number of thioether (sulfide) groups is 1. The van der Waals surface area contributed by atoms with Crippen molar-refractivity contribution in [1.82, 2.24) is 10.6 Å². The third kappa shape index (κ3) is 3.68. The minimum atomic E-state index is -0.110. The van der Waals surface area contributed by atoms with E-state index < -0.39 is 0 Å². The van der Waals surface area contributed by atoms with Crippen LogP contribution in [-0.2, 0) is 14.3 Å². The number of nitrogens with one attached hydrogen (secondary N) is 2. The lowest BCUT2D eigenvalue weighted by Crippen LogP contribution is -2.44. The summed E-state index contributed by atoms with van der Waals surface area (Å²) in [5.74, 6) is 0.873. The molecule has 0 aliphatic carbocycles. The van der Waals surface area contributed by atoms with Crippen molar-refractivity contribution >= 4 is 23.8 Å². The molecule has 0 aromatic heterocycles. The molecule has 6 nitrogen and oxygen atoms in total. The summed E-state index contributed by atoms with van der Waals surface area (Å²) < 4.78 is 10.5. The first-order chi connectivity index (χ1) is 10.6. The minimum absolute atomic E-state index is 0.0266. The predicted molar refractivity (Wildman–Crippen MR) is 83.8 cm³/mol.